The van der Waals surface area contributed by atoms with Crippen molar-refractivity contribution in [3.8, 4) is 0 Å². The van der Waals surface area contributed by atoms with Crippen LogP contribution in [0, 0.1) is 0 Å². The van der Waals surface area contributed by atoms with Crippen LogP contribution < -0.4 is 0 Å². The second-order valence-corrected chi connectivity index (χ2v) is 3.13. The van der Waals surface area contributed by atoms with Crippen molar-refractivity contribution in [2.75, 3.05) is 6.54 Å². The lowest BCUT2D eigenvalue weighted by Gasteiger charge is -2.02. The van der Waals surface area contributed by atoms with E-state index < -0.39 is 0 Å². The van der Waals surface area contributed by atoms with Gasteiger partial charge in [0.1, 0.15) is 6.10 Å². The van der Waals surface area contributed by atoms with Crippen LogP contribution in [0.3, 0.4) is 0 Å². The molecule has 0 saturated heterocycles. The molecule has 0 radical (unpaired) electrons. The minimum absolute atomic E-state index is 0.154. The number of benzene rings is 1. The normalized spacial score (nSPS) is 22.9. The van der Waals surface area contributed by atoms with Crippen LogP contribution in [0.25, 0.3) is 0 Å². The highest BCUT2D eigenvalue weighted by atomic mass is 16.5. The summed E-state index contributed by atoms with van der Waals surface area (Å²) >= 11 is 0. The van der Waals surface area contributed by atoms with Gasteiger partial charge in [-0.25, -0.2) is 0 Å². The Morgan fingerprint density at radius 3 is 2.92 bits per heavy atom. The van der Waals surface area contributed by atoms with E-state index in [-0.39, 0.29) is 6.10 Å². The fourth-order valence-electron chi connectivity index (χ4n) is 1.61. The van der Waals surface area contributed by atoms with Gasteiger partial charge in [0.25, 0.3) is 0 Å². The third-order valence-corrected chi connectivity index (χ3v) is 2.22. The van der Waals surface area contributed by atoms with E-state index in [0.29, 0.717) is 0 Å². The van der Waals surface area contributed by atoms with Gasteiger partial charge >= 0.3 is 0 Å². The number of hydrogen-bond acceptors (Lipinski definition) is 2. The maximum Gasteiger partial charge on any atom is 0.217 e. The van der Waals surface area contributed by atoms with Crippen LogP contribution in [0.2, 0.25) is 0 Å². The van der Waals surface area contributed by atoms with E-state index in [1.165, 1.54) is 5.56 Å². The molecule has 0 aliphatic carbocycles. The predicted octanol–water partition coefficient (Wildman–Crippen LogP) is 2.54. The van der Waals surface area contributed by atoms with Crippen LogP contribution in [-0.4, -0.2) is 12.4 Å². The van der Waals surface area contributed by atoms with Crippen LogP contribution in [0.15, 0.2) is 29.3 Å². The SMILES string of the molecule is CCN=C1OC(C)c2ccccc21. The topological polar surface area (TPSA) is 21.6 Å². The summed E-state index contributed by atoms with van der Waals surface area (Å²) in [5.74, 6) is 0.797. The summed E-state index contributed by atoms with van der Waals surface area (Å²) in [6.07, 6.45) is 0.154. The molecule has 0 saturated carbocycles. The maximum atomic E-state index is 5.62. The first-order valence-corrected chi connectivity index (χ1v) is 4.63. The molecule has 1 heterocycles. The van der Waals surface area contributed by atoms with Crippen LogP contribution in [0.1, 0.15) is 31.1 Å². The molecule has 1 aliphatic heterocycles. The fraction of sp³-hybridized carbons (Fsp3) is 0.364. The highest BCUT2D eigenvalue weighted by molar-refractivity contribution is 5.98. The lowest BCUT2D eigenvalue weighted by Crippen LogP contribution is -1.98. The minimum atomic E-state index is 0.154. The zero-order valence-corrected chi connectivity index (χ0v) is 7.95. The molecule has 0 spiro atoms. The highest BCUT2D eigenvalue weighted by Crippen LogP contribution is 2.29. The Balaban J connectivity index is 2.47. The highest BCUT2D eigenvalue weighted by Gasteiger charge is 2.24. The molecule has 68 valence electrons. The van der Waals surface area contributed by atoms with Gasteiger partial charge < -0.3 is 4.74 Å². The Bertz CT molecular complexity index is 344. The van der Waals surface area contributed by atoms with Gasteiger partial charge in [-0.1, -0.05) is 18.2 Å². The Kier molecular flexibility index (Phi) is 2.05. The molecule has 2 heteroatoms. The van der Waals surface area contributed by atoms with Crippen molar-refractivity contribution in [2.24, 2.45) is 4.99 Å². The molecule has 1 aromatic rings. The van der Waals surface area contributed by atoms with Crippen LogP contribution in [-0.2, 0) is 4.74 Å². The Morgan fingerprint density at radius 1 is 1.38 bits per heavy atom. The Labute approximate surface area is 78.3 Å². The molecule has 0 fully saturated rings. The average molecular weight is 175 g/mol. The number of nitrogens with zero attached hydrogens (tertiary/aromatic N) is 1. The van der Waals surface area contributed by atoms with E-state index in [4.69, 9.17) is 4.74 Å². The summed E-state index contributed by atoms with van der Waals surface area (Å²) in [5.41, 5.74) is 2.39. The molecule has 1 aliphatic rings. The lowest BCUT2D eigenvalue weighted by atomic mass is 10.1. The van der Waals surface area contributed by atoms with E-state index in [9.17, 15) is 0 Å². The molecule has 0 N–H and O–H groups in total. The predicted molar refractivity (Wildman–Crippen MR) is 53.0 cm³/mol. The quantitative estimate of drug-likeness (QED) is 0.642. The molecular weight excluding hydrogens is 162 g/mol. The largest absolute Gasteiger partial charge is 0.470 e. The molecule has 0 aromatic heterocycles. The van der Waals surface area contributed by atoms with E-state index in [1.54, 1.807) is 0 Å². The summed E-state index contributed by atoms with van der Waals surface area (Å²) in [6, 6.07) is 8.21. The van der Waals surface area contributed by atoms with Crippen molar-refractivity contribution in [3.63, 3.8) is 0 Å². The first-order chi connectivity index (χ1) is 6.33. The fourth-order valence-corrected chi connectivity index (χ4v) is 1.61. The van der Waals surface area contributed by atoms with Gasteiger partial charge in [-0.3, -0.25) is 4.99 Å². The molecule has 1 aromatic carbocycles. The molecule has 13 heavy (non-hydrogen) atoms. The summed E-state index contributed by atoms with van der Waals surface area (Å²) in [5, 5.41) is 0. The third-order valence-electron chi connectivity index (χ3n) is 2.22. The van der Waals surface area contributed by atoms with Gasteiger partial charge in [0.2, 0.25) is 5.90 Å². The molecule has 0 bridgehead atoms. The van der Waals surface area contributed by atoms with Gasteiger partial charge in [0, 0.05) is 17.7 Å². The zero-order chi connectivity index (χ0) is 9.26. The molecule has 1 unspecified atom stereocenters. The Morgan fingerprint density at radius 2 is 2.15 bits per heavy atom. The summed E-state index contributed by atoms with van der Waals surface area (Å²) in [4.78, 5) is 4.31. The minimum Gasteiger partial charge on any atom is -0.470 e. The van der Waals surface area contributed by atoms with Gasteiger partial charge in [-0.15, -0.1) is 0 Å². The first kappa shape index (κ1) is 8.30. The average Bonchev–Trinajstić information content (AvgIpc) is 2.46. The van der Waals surface area contributed by atoms with Gasteiger partial charge in [-0.2, -0.15) is 0 Å². The summed E-state index contributed by atoms with van der Waals surface area (Å²) in [6.45, 7) is 4.84. The van der Waals surface area contributed by atoms with Gasteiger partial charge in [0.05, 0.1) is 0 Å². The van der Waals surface area contributed by atoms with Crippen molar-refractivity contribution < 1.29 is 4.74 Å². The van der Waals surface area contributed by atoms with Crippen LogP contribution in [0.4, 0.5) is 0 Å². The smallest absolute Gasteiger partial charge is 0.217 e. The number of fused-ring (bicyclic) bond motifs is 1. The third kappa shape index (κ3) is 1.32. The first-order valence-electron chi connectivity index (χ1n) is 4.63. The van der Waals surface area contributed by atoms with Crippen molar-refractivity contribution in [3.05, 3.63) is 35.4 Å². The molecule has 0 amide bonds. The van der Waals surface area contributed by atoms with Crippen LogP contribution in [0.5, 0.6) is 0 Å². The lowest BCUT2D eigenvalue weighted by molar-refractivity contribution is 0.231. The van der Waals surface area contributed by atoms with Crippen LogP contribution >= 0.6 is 0 Å². The van der Waals surface area contributed by atoms with Gasteiger partial charge in [-0.05, 0) is 19.9 Å². The number of ether oxygens (including phenoxy) is 1. The second-order valence-electron chi connectivity index (χ2n) is 3.13. The van der Waals surface area contributed by atoms with E-state index in [2.05, 4.69) is 24.0 Å². The van der Waals surface area contributed by atoms with E-state index in [1.807, 2.05) is 19.1 Å². The monoisotopic (exact) mass is 175 g/mol. The van der Waals surface area contributed by atoms with Crippen molar-refractivity contribution in [1.82, 2.24) is 0 Å². The van der Waals surface area contributed by atoms with E-state index >= 15 is 0 Å². The maximum absolute atomic E-state index is 5.62. The summed E-state index contributed by atoms with van der Waals surface area (Å²) < 4.78 is 5.62. The summed E-state index contributed by atoms with van der Waals surface area (Å²) in [7, 11) is 0. The number of aliphatic imine (C=N–C) groups is 1. The molecular formula is C11H13NO. The second kappa shape index (κ2) is 3.21. The van der Waals surface area contributed by atoms with E-state index in [0.717, 1.165) is 18.0 Å². The Hall–Kier alpha value is -1.31. The van der Waals surface area contributed by atoms with Crippen molar-refractivity contribution >= 4 is 5.90 Å². The van der Waals surface area contributed by atoms with Crippen molar-refractivity contribution in [2.45, 2.75) is 20.0 Å². The number of hydrogen-bond donors (Lipinski definition) is 0. The van der Waals surface area contributed by atoms with Gasteiger partial charge in [0.15, 0.2) is 0 Å². The molecule has 2 nitrogen and oxygen atoms in total. The molecule has 1 atom stereocenters. The molecule has 2 rings (SSSR count). The van der Waals surface area contributed by atoms with Crippen molar-refractivity contribution in [1.29, 1.82) is 0 Å². The standard InChI is InChI=1S/C11H13NO/c1-3-12-11-10-7-5-4-6-9(10)8(2)13-11/h4-8H,3H2,1-2H3. The zero-order valence-electron chi connectivity index (χ0n) is 7.95. The number of rotatable bonds is 1.